The molecule has 2 heterocycles. The van der Waals surface area contributed by atoms with E-state index in [1.165, 1.54) is 0 Å². The topological polar surface area (TPSA) is 82.2 Å². The second-order valence-corrected chi connectivity index (χ2v) is 6.49. The smallest absolute Gasteiger partial charge is 0.311 e. The van der Waals surface area contributed by atoms with E-state index in [2.05, 4.69) is 21.1 Å². The molecule has 2 aromatic rings. The molecule has 0 radical (unpaired) electrons. The Balaban J connectivity index is 1.72. The molecule has 25 heavy (non-hydrogen) atoms. The summed E-state index contributed by atoms with van der Waals surface area (Å²) in [5.41, 5.74) is 1.96. The summed E-state index contributed by atoms with van der Waals surface area (Å²) in [6.07, 6.45) is 4.04. The van der Waals surface area contributed by atoms with Crippen molar-refractivity contribution in [3.8, 4) is 5.75 Å². The number of nitro groups is 1. The summed E-state index contributed by atoms with van der Waals surface area (Å²) in [4.78, 5) is 15.4. The first-order valence-corrected chi connectivity index (χ1v) is 8.67. The summed E-state index contributed by atoms with van der Waals surface area (Å²) in [7, 11) is 0. The van der Waals surface area contributed by atoms with Gasteiger partial charge in [0.05, 0.1) is 17.2 Å². The molecule has 1 aromatic heterocycles. The number of ether oxygens (including phenoxy) is 1. The van der Waals surface area contributed by atoms with E-state index >= 15 is 0 Å². The normalized spacial score (nSPS) is 17.8. The number of benzene rings is 1. The molecule has 1 aliphatic heterocycles. The van der Waals surface area contributed by atoms with Gasteiger partial charge in [0, 0.05) is 37.3 Å². The molecule has 1 aromatic carbocycles. The van der Waals surface area contributed by atoms with Crippen LogP contribution >= 0.6 is 0 Å². The Labute approximate surface area is 147 Å². The van der Waals surface area contributed by atoms with Crippen LogP contribution in [-0.4, -0.2) is 27.1 Å². The maximum atomic E-state index is 11.3. The highest BCUT2D eigenvalue weighted by Gasteiger charge is 2.23. The molecule has 1 aliphatic rings. The molecule has 134 valence electrons. The molecule has 0 saturated heterocycles. The van der Waals surface area contributed by atoms with Crippen molar-refractivity contribution >= 4 is 5.69 Å². The van der Waals surface area contributed by atoms with E-state index in [0.29, 0.717) is 18.4 Å². The summed E-state index contributed by atoms with van der Waals surface area (Å²) in [5.74, 6) is 1.46. The molecule has 3 rings (SSSR count). The zero-order chi connectivity index (χ0) is 18.0. The van der Waals surface area contributed by atoms with Crippen molar-refractivity contribution in [2.75, 3.05) is 6.61 Å². The lowest BCUT2D eigenvalue weighted by Gasteiger charge is -2.28. The van der Waals surface area contributed by atoms with Crippen molar-refractivity contribution in [1.29, 1.82) is 0 Å². The third-order valence-corrected chi connectivity index (χ3v) is 4.58. The Morgan fingerprint density at radius 1 is 1.52 bits per heavy atom. The van der Waals surface area contributed by atoms with Crippen molar-refractivity contribution in [2.24, 2.45) is 0 Å². The standard InChI is InChI=1S/C18H24N4O3/c1-4-25-17-7-5-14(9-16(17)22(23)24)13(3)20-15-6-8-18-19-12(2)10-21(18)11-15/h5,7,9-10,13,15,20H,4,6,8,11H2,1-3H3/t13-,15+/m1/s1. The van der Waals surface area contributed by atoms with Crippen molar-refractivity contribution in [2.45, 2.75) is 52.2 Å². The third kappa shape index (κ3) is 3.82. The fourth-order valence-electron chi connectivity index (χ4n) is 3.40. The maximum absolute atomic E-state index is 11.3. The highest BCUT2D eigenvalue weighted by Crippen LogP contribution is 2.30. The number of nitrogens with one attached hydrogen (secondary N) is 1. The molecule has 0 fully saturated rings. The van der Waals surface area contributed by atoms with Crippen LogP contribution in [0.4, 0.5) is 5.69 Å². The molecule has 7 heteroatoms. The van der Waals surface area contributed by atoms with Crippen LogP contribution in [0.3, 0.4) is 0 Å². The number of hydrogen-bond donors (Lipinski definition) is 1. The summed E-state index contributed by atoms with van der Waals surface area (Å²) in [6, 6.07) is 5.53. The van der Waals surface area contributed by atoms with E-state index in [-0.39, 0.29) is 16.7 Å². The van der Waals surface area contributed by atoms with Crippen LogP contribution in [0.25, 0.3) is 0 Å². The number of aromatic nitrogens is 2. The number of hydrogen-bond acceptors (Lipinski definition) is 5. The first-order chi connectivity index (χ1) is 12.0. The number of nitro benzene ring substituents is 1. The van der Waals surface area contributed by atoms with Gasteiger partial charge in [0.25, 0.3) is 0 Å². The van der Waals surface area contributed by atoms with Gasteiger partial charge in [-0.15, -0.1) is 0 Å². The molecule has 7 nitrogen and oxygen atoms in total. The Kier molecular flexibility index (Phi) is 5.03. The van der Waals surface area contributed by atoms with Crippen LogP contribution in [-0.2, 0) is 13.0 Å². The summed E-state index contributed by atoms with van der Waals surface area (Å²) in [5, 5.41) is 14.9. The average Bonchev–Trinajstić information content (AvgIpc) is 2.94. The zero-order valence-electron chi connectivity index (χ0n) is 14.9. The van der Waals surface area contributed by atoms with Gasteiger partial charge in [-0.3, -0.25) is 10.1 Å². The largest absolute Gasteiger partial charge is 0.487 e. The average molecular weight is 344 g/mol. The van der Waals surface area contributed by atoms with Gasteiger partial charge in [-0.05, 0) is 38.8 Å². The first kappa shape index (κ1) is 17.4. The van der Waals surface area contributed by atoms with E-state index < -0.39 is 0 Å². The molecule has 1 N–H and O–H groups in total. The first-order valence-electron chi connectivity index (χ1n) is 8.67. The van der Waals surface area contributed by atoms with Crippen molar-refractivity contribution in [3.63, 3.8) is 0 Å². The molecule has 0 aliphatic carbocycles. The maximum Gasteiger partial charge on any atom is 0.311 e. The lowest BCUT2D eigenvalue weighted by Crippen LogP contribution is -2.38. The molecule has 0 amide bonds. The number of nitrogens with zero attached hydrogens (tertiary/aromatic N) is 3. The van der Waals surface area contributed by atoms with Crippen LogP contribution < -0.4 is 10.1 Å². The van der Waals surface area contributed by atoms with Gasteiger partial charge in [0.2, 0.25) is 0 Å². The van der Waals surface area contributed by atoms with E-state index in [9.17, 15) is 10.1 Å². The quantitative estimate of drug-likeness (QED) is 0.643. The highest BCUT2D eigenvalue weighted by molar-refractivity contribution is 5.49. The second kappa shape index (κ2) is 7.23. The van der Waals surface area contributed by atoms with Crippen LogP contribution in [0, 0.1) is 17.0 Å². The number of fused-ring (bicyclic) bond motifs is 1. The zero-order valence-corrected chi connectivity index (χ0v) is 14.9. The molecule has 2 atom stereocenters. The third-order valence-electron chi connectivity index (χ3n) is 4.58. The van der Waals surface area contributed by atoms with Crippen molar-refractivity contribution in [3.05, 3.63) is 51.6 Å². The Bertz CT molecular complexity index is 772. The van der Waals surface area contributed by atoms with Crippen LogP contribution in [0.2, 0.25) is 0 Å². The summed E-state index contributed by atoms with van der Waals surface area (Å²) in [6.45, 7) is 7.14. The van der Waals surface area contributed by atoms with Gasteiger partial charge in [0.15, 0.2) is 5.75 Å². The van der Waals surface area contributed by atoms with Gasteiger partial charge < -0.3 is 14.6 Å². The van der Waals surface area contributed by atoms with Gasteiger partial charge in [-0.1, -0.05) is 6.07 Å². The number of imidazole rings is 1. The Morgan fingerprint density at radius 3 is 3.04 bits per heavy atom. The van der Waals surface area contributed by atoms with Gasteiger partial charge in [0.1, 0.15) is 5.82 Å². The van der Waals surface area contributed by atoms with Gasteiger partial charge in [-0.2, -0.15) is 0 Å². The van der Waals surface area contributed by atoms with Crippen LogP contribution in [0.1, 0.15) is 43.4 Å². The molecular weight excluding hydrogens is 320 g/mol. The van der Waals surface area contributed by atoms with Crippen molar-refractivity contribution in [1.82, 2.24) is 14.9 Å². The minimum atomic E-state index is -0.387. The van der Waals surface area contributed by atoms with E-state index in [4.69, 9.17) is 4.74 Å². The molecule has 0 bridgehead atoms. The van der Waals surface area contributed by atoms with Crippen LogP contribution in [0.5, 0.6) is 5.75 Å². The SMILES string of the molecule is CCOc1ccc([C@@H](C)N[C@H]2CCc3nc(C)cn3C2)cc1[N+](=O)[O-]. The number of aryl methyl sites for hydroxylation is 2. The summed E-state index contributed by atoms with van der Waals surface area (Å²) >= 11 is 0. The highest BCUT2D eigenvalue weighted by atomic mass is 16.6. The molecule has 0 unspecified atom stereocenters. The molecular formula is C18H24N4O3. The van der Waals surface area contributed by atoms with Crippen molar-refractivity contribution < 1.29 is 9.66 Å². The molecule has 0 saturated carbocycles. The predicted molar refractivity (Wildman–Crippen MR) is 94.9 cm³/mol. The van der Waals surface area contributed by atoms with E-state index in [1.807, 2.05) is 26.8 Å². The van der Waals surface area contributed by atoms with Crippen LogP contribution in [0.15, 0.2) is 24.4 Å². The molecule has 0 spiro atoms. The minimum Gasteiger partial charge on any atom is -0.487 e. The van der Waals surface area contributed by atoms with E-state index in [0.717, 1.165) is 36.5 Å². The second-order valence-electron chi connectivity index (χ2n) is 6.49. The fraction of sp³-hybridized carbons (Fsp3) is 0.500. The summed E-state index contributed by atoms with van der Waals surface area (Å²) < 4.78 is 7.55. The predicted octanol–water partition coefficient (Wildman–Crippen LogP) is 3.16. The Morgan fingerprint density at radius 2 is 2.32 bits per heavy atom. The lowest BCUT2D eigenvalue weighted by molar-refractivity contribution is -0.385. The van der Waals surface area contributed by atoms with E-state index in [1.54, 1.807) is 12.1 Å². The fourth-order valence-corrected chi connectivity index (χ4v) is 3.40. The van der Waals surface area contributed by atoms with Gasteiger partial charge in [-0.25, -0.2) is 4.98 Å². The Hall–Kier alpha value is -2.41. The van der Waals surface area contributed by atoms with Gasteiger partial charge >= 0.3 is 5.69 Å². The number of rotatable bonds is 6. The lowest BCUT2D eigenvalue weighted by atomic mass is 10.0. The monoisotopic (exact) mass is 344 g/mol. The minimum absolute atomic E-state index is 0.0177.